The van der Waals surface area contributed by atoms with Crippen LogP contribution in [0.3, 0.4) is 0 Å². The Bertz CT molecular complexity index is 3130. The zero-order chi connectivity index (χ0) is 37.4. The molecule has 0 aliphatic rings. The van der Waals surface area contributed by atoms with Gasteiger partial charge in [0.2, 0.25) is 0 Å². The second-order valence-corrected chi connectivity index (χ2v) is 14.9. The van der Waals surface area contributed by atoms with E-state index in [-0.39, 0.29) is 5.84 Å². The van der Waals surface area contributed by atoms with Crippen molar-refractivity contribution < 1.29 is 0 Å². The Morgan fingerprint density at radius 1 is 0.464 bits per heavy atom. The minimum Gasteiger partial charge on any atom is -0.309 e. The molecule has 56 heavy (non-hydrogen) atoms. The third-order valence-corrected chi connectivity index (χ3v) is 11.5. The Balaban J connectivity index is 1.06. The lowest BCUT2D eigenvalue weighted by Gasteiger charge is -2.11. The molecule has 5 heteroatoms. The van der Waals surface area contributed by atoms with E-state index in [1.165, 1.54) is 47.6 Å². The van der Waals surface area contributed by atoms with Crippen molar-refractivity contribution in [3.8, 4) is 27.9 Å². The van der Waals surface area contributed by atoms with Crippen LogP contribution < -0.4 is 0 Å². The standard InChI is InChI=1S/C51H34N4S/c52-50(37-14-5-2-6-15-37)54-51(53-33-34-22-24-36(25-23-34)35-12-3-1-4-13-35)40-16-11-17-41(30-40)55-46-20-9-7-18-42(46)44-31-38(26-28-47(44)55)39-27-29-49-45(32-39)43-19-8-10-21-48(43)56-49/h1-33,52H/b52-50?,53-33+,54-51-. The molecular formula is C51H34N4S. The van der Waals surface area contributed by atoms with Gasteiger partial charge in [0.15, 0.2) is 11.7 Å². The van der Waals surface area contributed by atoms with Crippen molar-refractivity contribution in [3.05, 3.63) is 211 Å². The van der Waals surface area contributed by atoms with Crippen LogP contribution in [0, 0.1) is 5.41 Å². The number of hydrogen-bond acceptors (Lipinski definition) is 2. The van der Waals surface area contributed by atoms with Gasteiger partial charge in [-0.05, 0) is 76.3 Å². The van der Waals surface area contributed by atoms with Gasteiger partial charge in [-0.2, -0.15) is 0 Å². The van der Waals surface area contributed by atoms with Crippen molar-refractivity contribution in [1.29, 1.82) is 5.41 Å². The summed E-state index contributed by atoms with van der Waals surface area (Å²) in [6.45, 7) is 0. The third-order valence-electron chi connectivity index (χ3n) is 10.4. The minimum atomic E-state index is 0.153. The summed E-state index contributed by atoms with van der Waals surface area (Å²) in [4.78, 5) is 9.76. The minimum absolute atomic E-state index is 0.153. The third kappa shape index (κ3) is 6.20. The Morgan fingerprint density at radius 2 is 1.07 bits per heavy atom. The van der Waals surface area contributed by atoms with Crippen molar-refractivity contribution in [2.45, 2.75) is 0 Å². The van der Waals surface area contributed by atoms with E-state index in [0.717, 1.165) is 39.0 Å². The van der Waals surface area contributed by atoms with Crippen LogP contribution in [0.5, 0.6) is 0 Å². The molecule has 0 atom stereocenters. The molecule has 0 saturated heterocycles. The van der Waals surface area contributed by atoms with Gasteiger partial charge in [-0.3, -0.25) is 5.41 Å². The summed E-state index contributed by atoms with van der Waals surface area (Å²) in [7, 11) is 0. The molecule has 4 nitrogen and oxygen atoms in total. The zero-order valence-corrected chi connectivity index (χ0v) is 31.1. The van der Waals surface area contributed by atoms with Crippen LogP contribution >= 0.6 is 11.3 Å². The van der Waals surface area contributed by atoms with Crippen molar-refractivity contribution in [1.82, 2.24) is 4.57 Å². The van der Waals surface area contributed by atoms with Gasteiger partial charge in [0.05, 0.1) is 11.0 Å². The van der Waals surface area contributed by atoms with Crippen molar-refractivity contribution in [2.75, 3.05) is 0 Å². The van der Waals surface area contributed by atoms with Crippen LogP contribution in [0.25, 0.3) is 69.9 Å². The molecule has 0 bridgehead atoms. The van der Waals surface area contributed by atoms with E-state index in [1.807, 2.05) is 78.2 Å². The maximum atomic E-state index is 8.92. The quantitative estimate of drug-likeness (QED) is 0.131. The van der Waals surface area contributed by atoms with Gasteiger partial charge in [0.25, 0.3) is 0 Å². The number of nitrogens with one attached hydrogen (secondary N) is 1. The molecule has 0 aliphatic heterocycles. The van der Waals surface area contributed by atoms with Crippen LogP contribution in [0.15, 0.2) is 204 Å². The lowest BCUT2D eigenvalue weighted by molar-refractivity contribution is 1.18. The van der Waals surface area contributed by atoms with E-state index in [1.54, 1.807) is 0 Å². The Morgan fingerprint density at radius 3 is 1.89 bits per heavy atom. The number of thiophene rings is 1. The highest BCUT2D eigenvalue weighted by Gasteiger charge is 2.16. The van der Waals surface area contributed by atoms with E-state index < -0.39 is 0 Å². The van der Waals surface area contributed by atoms with Crippen LogP contribution in [0.2, 0.25) is 0 Å². The molecule has 264 valence electrons. The van der Waals surface area contributed by atoms with E-state index in [2.05, 4.69) is 138 Å². The molecule has 2 aromatic heterocycles. The topological polar surface area (TPSA) is 53.5 Å². The highest BCUT2D eigenvalue weighted by atomic mass is 32.1. The summed E-state index contributed by atoms with van der Waals surface area (Å²) in [5.41, 5.74) is 10.4. The molecule has 10 rings (SSSR count). The number of nitrogens with zero attached hydrogens (tertiary/aromatic N) is 3. The van der Waals surface area contributed by atoms with Crippen LogP contribution in [0.4, 0.5) is 0 Å². The van der Waals surface area contributed by atoms with Crippen LogP contribution in [0.1, 0.15) is 16.7 Å². The van der Waals surface area contributed by atoms with Gasteiger partial charge in [0, 0.05) is 54.0 Å². The largest absolute Gasteiger partial charge is 0.309 e. The number of benzene rings is 8. The molecule has 0 aliphatic carbocycles. The van der Waals surface area contributed by atoms with E-state index in [0.29, 0.717) is 5.84 Å². The average Bonchev–Trinajstić information content (AvgIpc) is 3.81. The summed E-state index contributed by atoms with van der Waals surface area (Å²) in [6.07, 6.45) is 1.83. The van der Waals surface area contributed by atoms with Gasteiger partial charge >= 0.3 is 0 Å². The molecule has 0 saturated carbocycles. The Hall–Kier alpha value is -7.21. The fraction of sp³-hybridized carbons (Fsp3) is 0. The molecule has 8 aromatic carbocycles. The molecule has 0 fully saturated rings. The predicted octanol–water partition coefficient (Wildman–Crippen LogP) is 13.4. The lowest BCUT2D eigenvalue weighted by Crippen LogP contribution is -2.06. The Labute approximate surface area is 328 Å². The lowest BCUT2D eigenvalue weighted by atomic mass is 10.0. The van der Waals surface area contributed by atoms with Gasteiger partial charge < -0.3 is 4.57 Å². The van der Waals surface area contributed by atoms with Crippen LogP contribution in [-0.4, -0.2) is 22.5 Å². The molecule has 2 heterocycles. The van der Waals surface area contributed by atoms with Crippen molar-refractivity contribution >= 4 is 71.2 Å². The first-order chi connectivity index (χ1) is 27.7. The number of aliphatic imine (C=N–C) groups is 2. The predicted molar refractivity (Wildman–Crippen MR) is 238 cm³/mol. The van der Waals surface area contributed by atoms with Crippen molar-refractivity contribution in [3.63, 3.8) is 0 Å². The summed E-state index contributed by atoms with van der Waals surface area (Å²) < 4.78 is 4.94. The Kier molecular flexibility index (Phi) is 8.47. The van der Waals surface area contributed by atoms with Gasteiger partial charge in [0.1, 0.15) is 0 Å². The first kappa shape index (κ1) is 33.4. The van der Waals surface area contributed by atoms with Crippen molar-refractivity contribution in [2.24, 2.45) is 9.98 Å². The molecule has 0 radical (unpaired) electrons. The summed E-state index contributed by atoms with van der Waals surface area (Å²) in [6, 6.07) is 67.5. The molecule has 1 N–H and O–H groups in total. The number of aromatic nitrogens is 1. The second-order valence-electron chi connectivity index (χ2n) is 13.8. The fourth-order valence-corrected chi connectivity index (χ4v) is 8.67. The summed E-state index contributed by atoms with van der Waals surface area (Å²) in [5.74, 6) is 0.618. The normalized spacial score (nSPS) is 12.0. The number of rotatable bonds is 6. The van der Waals surface area contributed by atoms with Gasteiger partial charge in [-0.15, -0.1) is 11.3 Å². The highest BCUT2D eigenvalue weighted by Crippen LogP contribution is 2.39. The molecule has 0 amide bonds. The number of hydrogen-bond donors (Lipinski definition) is 1. The zero-order valence-electron chi connectivity index (χ0n) is 30.3. The number of amidine groups is 2. The van der Waals surface area contributed by atoms with E-state index in [9.17, 15) is 0 Å². The smallest absolute Gasteiger partial charge is 0.161 e. The van der Waals surface area contributed by atoms with Crippen LogP contribution in [-0.2, 0) is 0 Å². The fourth-order valence-electron chi connectivity index (χ4n) is 7.58. The number of fused-ring (bicyclic) bond motifs is 6. The summed E-state index contributed by atoms with van der Waals surface area (Å²) in [5, 5.41) is 13.9. The maximum Gasteiger partial charge on any atom is 0.161 e. The SMILES string of the molecule is N=C(/N=C(\N=C\c1ccc(-c2ccccc2)cc1)c1cccc(-n2c3ccccc3c3cc(-c4ccc5sc6ccccc6c5c4)ccc32)c1)c1ccccc1. The molecular weight excluding hydrogens is 701 g/mol. The molecule has 0 spiro atoms. The maximum absolute atomic E-state index is 8.92. The highest BCUT2D eigenvalue weighted by molar-refractivity contribution is 7.25. The van der Waals surface area contributed by atoms with Gasteiger partial charge in [-0.25, -0.2) is 9.98 Å². The second kappa shape index (κ2) is 14.2. The van der Waals surface area contributed by atoms with E-state index in [4.69, 9.17) is 15.4 Å². The monoisotopic (exact) mass is 734 g/mol. The van der Waals surface area contributed by atoms with E-state index >= 15 is 0 Å². The average molecular weight is 735 g/mol. The molecule has 0 unspecified atom stereocenters. The molecule has 10 aromatic rings. The first-order valence-electron chi connectivity index (χ1n) is 18.6. The summed E-state index contributed by atoms with van der Waals surface area (Å²) >= 11 is 1.85. The van der Waals surface area contributed by atoms with Gasteiger partial charge in [-0.1, -0.05) is 146 Å². The first-order valence-corrected chi connectivity index (χ1v) is 19.5. The number of para-hydroxylation sites is 1.